The average Bonchev–Trinajstić information content (AvgIpc) is 2.49. The van der Waals surface area contributed by atoms with Crippen LogP contribution in [0.4, 0.5) is 4.39 Å². The third-order valence-electron chi connectivity index (χ3n) is 3.30. The number of nitrogens with zero attached hydrogens (tertiary/aromatic N) is 3. The van der Waals surface area contributed by atoms with Gasteiger partial charge in [0, 0.05) is 41.9 Å². The summed E-state index contributed by atoms with van der Waals surface area (Å²) in [5, 5.41) is 3.96. The monoisotopic (exact) mass is 284 g/mol. The van der Waals surface area contributed by atoms with E-state index in [1.165, 1.54) is 6.07 Å². The summed E-state index contributed by atoms with van der Waals surface area (Å²) in [4.78, 5) is 19.2. The van der Waals surface area contributed by atoms with Crippen LogP contribution in [0.5, 0.6) is 0 Å². The summed E-state index contributed by atoms with van der Waals surface area (Å²) in [6.07, 6.45) is 4.07. The van der Waals surface area contributed by atoms with E-state index in [1.807, 2.05) is 0 Å². The largest absolute Gasteiger partial charge is 0.273 e. The maximum atomic E-state index is 14.3. The van der Waals surface area contributed by atoms with Crippen molar-refractivity contribution in [1.82, 2.24) is 15.4 Å². The zero-order valence-electron chi connectivity index (χ0n) is 11.4. The van der Waals surface area contributed by atoms with Gasteiger partial charge in [0.1, 0.15) is 11.6 Å². The number of halogens is 1. The topological polar surface area (TPSA) is 67.2 Å². The van der Waals surface area contributed by atoms with E-state index in [0.29, 0.717) is 41.1 Å². The summed E-state index contributed by atoms with van der Waals surface area (Å²) in [5.74, 6) is 0.162. The van der Waals surface area contributed by atoms with Crippen molar-refractivity contribution in [3.05, 3.63) is 47.8 Å². The standard InChI is InChI=1S/C15H13FN4O/c1-9-17-7-11(8-18-9)12-3-2-10(6-13(12)16)14-4-5-15(21)20-19-14/h2-3,6-8H,4-5H2,1H3,(H,20,21). The van der Waals surface area contributed by atoms with Crippen molar-refractivity contribution < 1.29 is 9.18 Å². The number of hydrogen-bond donors (Lipinski definition) is 1. The molecule has 1 aromatic heterocycles. The normalized spacial score (nSPS) is 14.6. The third-order valence-corrected chi connectivity index (χ3v) is 3.30. The van der Waals surface area contributed by atoms with Gasteiger partial charge in [-0.25, -0.2) is 19.8 Å². The summed E-state index contributed by atoms with van der Waals surface area (Å²) in [6.45, 7) is 1.78. The molecule has 106 valence electrons. The van der Waals surface area contributed by atoms with Crippen LogP contribution in [0.2, 0.25) is 0 Å². The van der Waals surface area contributed by atoms with Crippen LogP contribution in [0, 0.1) is 12.7 Å². The minimum atomic E-state index is -0.362. The molecule has 1 aliphatic rings. The van der Waals surface area contributed by atoms with Crippen molar-refractivity contribution in [2.75, 3.05) is 0 Å². The molecule has 1 aromatic carbocycles. The fourth-order valence-corrected chi connectivity index (χ4v) is 2.14. The lowest BCUT2D eigenvalue weighted by atomic mass is 10.0. The molecule has 1 aliphatic heterocycles. The van der Waals surface area contributed by atoms with Crippen molar-refractivity contribution in [2.24, 2.45) is 5.10 Å². The summed E-state index contributed by atoms with van der Waals surface area (Å²) in [6, 6.07) is 4.89. The molecule has 2 heterocycles. The van der Waals surface area contributed by atoms with E-state index in [9.17, 15) is 9.18 Å². The lowest BCUT2D eigenvalue weighted by Gasteiger charge is -2.13. The zero-order chi connectivity index (χ0) is 14.8. The first-order valence-corrected chi connectivity index (χ1v) is 6.58. The minimum Gasteiger partial charge on any atom is -0.273 e. The highest BCUT2D eigenvalue weighted by Gasteiger charge is 2.15. The van der Waals surface area contributed by atoms with Gasteiger partial charge in [-0.15, -0.1) is 0 Å². The van der Waals surface area contributed by atoms with Gasteiger partial charge < -0.3 is 0 Å². The van der Waals surface area contributed by atoms with Crippen molar-refractivity contribution in [2.45, 2.75) is 19.8 Å². The first-order valence-electron chi connectivity index (χ1n) is 6.58. The zero-order valence-corrected chi connectivity index (χ0v) is 11.4. The molecule has 2 aromatic rings. The van der Waals surface area contributed by atoms with Crippen LogP contribution >= 0.6 is 0 Å². The van der Waals surface area contributed by atoms with Crippen LogP contribution in [-0.4, -0.2) is 21.6 Å². The molecule has 1 N–H and O–H groups in total. The number of nitrogens with one attached hydrogen (secondary N) is 1. The van der Waals surface area contributed by atoms with Crippen LogP contribution in [0.15, 0.2) is 35.7 Å². The molecule has 1 amide bonds. The quantitative estimate of drug-likeness (QED) is 0.919. The van der Waals surface area contributed by atoms with Gasteiger partial charge in [-0.05, 0) is 13.0 Å². The highest BCUT2D eigenvalue weighted by atomic mass is 19.1. The highest BCUT2D eigenvalue weighted by Crippen LogP contribution is 2.23. The molecule has 21 heavy (non-hydrogen) atoms. The Labute approximate surface area is 120 Å². The molecule has 6 heteroatoms. The third kappa shape index (κ3) is 2.79. The predicted molar refractivity (Wildman–Crippen MR) is 76.1 cm³/mol. The molecule has 0 radical (unpaired) electrons. The Kier molecular flexibility index (Phi) is 3.43. The molecule has 5 nitrogen and oxygen atoms in total. The number of hydrazone groups is 1. The Morgan fingerprint density at radius 3 is 2.52 bits per heavy atom. The number of aromatic nitrogens is 2. The number of hydrogen-bond acceptors (Lipinski definition) is 4. The number of rotatable bonds is 2. The predicted octanol–water partition coefficient (Wildman–Crippen LogP) is 2.21. The highest BCUT2D eigenvalue weighted by molar-refractivity contribution is 6.04. The first kappa shape index (κ1) is 13.4. The Bertz CT molecular complexity index is 725. The van der Waals surface area contributed by atoms with Gasteiger partial charge >= 0.3 is 0 Å². The molecular weight excluding hydrogens is 271 g/mol. The summed E-state index contributed by atoms with van der Waals surface area (Å²) in [5.41, 5.74) is 4.83. The van der Waals surface area contributed by atoms with E-state index >= 15 is 0 Å². The van der Waals surface area contributed by atoms with Crippen LogP contribution in [0.3, 0.4) is 0 Å². The van der Waals surface area contributed by atoms with Gasteiger partial charge in [0.2, 0.25) is 5.91 Å². The van der Waals surface area contributed by atoms with E-state index in [4.69, 9.17) is 0 Å². The molecule has 0 saturated carbocycles. The Balaban J connectivity index is 1.93. The molecular formula is C15H13FN4O. The van der Waals surface area contributed by atoms with E-state index in [-0.39, 0.29) is 11.7 Å². The van der Waals surface area contributed by atoms with E-state index in [2.05, 4.69) is 20.5 Å². The van der Waals surface area contributed by atoms with Gasteiger partial charge in [-0.2, -0.15) is 5.10 Å². The number of aryl methyl sites for hydroxylation is 1. The van der Waals surface area contributed by atoms with Crippen molar-refractivity contribution in [1.29, 1.82) is 0 Å². The molecule has 0 spiro atoms. The van der Waals surface area contributed by atoms with E-state index in [0.717, 1.165) is 0 Å². The smallest absolute Gasteiger partial charge is 0.240 e. The fraction of sp³-hybridized carbons (Fsp3) is 0.200. The maximum Gasteiger partial charge on any atom is 0.240 e. The molecule has 0 unspecified atom stereocenters. The van der Waals surface area contributed by atoms with Crippen molar-refractivity contribution >= 4 is 11.6 Å². The van der Waals surface area contributed by atoms with Crippen LogP contribution in [-0.2, 0) is 4.79 Å². The minimum absolute atomic E-state index is 0.118. The molecule has 0 aliphatic carbocycles. The lowest BCUT2D eigenvalue weighted by Crippen LogP contribution is -2.25. The fourth-order valence-electron chi connectivity index (χ4n) is 2.14. The second-order valence-electron chi connectivity index (χ2n) is 4.81. The molecule has 0 fully saturated rings. The molecule has 0 atom stereocenters. The first-order chi connectivity index (χ1) is 10.1. The number of amides is 1. The molecule has 0 bridgehead atoms. The van der Waals surface area contributed by atoms with Crippen molar-refractivity contribution in [3.8, 4) is 11.1 Å². The van der Waals surface area contributed by atoms with Crippen LogP contribution in [0.1, 0.15) is 24.2 Å². The number of carbonyl (C=O) groups is 1. The second kappa shape index (κ2) is 5.40. The van der Waals surface area contributed by atoms with Crippen LogP contribution < -0.4 is 5.43 Å². The molecule has 3 rings (SSSR count). The van der Waals surface area contributed by atoms with Gasteiger partial charge in [-0.3, -0.25) is 4.79 Å². The summed E-state index contributed by atoms with van der Waals surface area (Å²) >= 11 is 0. The van der Waals surface area contributed by atoms with Gasteiger partial charge in [0.15, 0.2) is 0 Å². The average molecular weight is 284 g/mol. The Morgan fingerprint density at radius 2 is 1.90 bits per heavy atom. The summed E-state index contributed by atoms with van der Waals surface area (Å²) < 4.78 is 14.3. The lowest BCUT2D eigenvalue weighted by molar-refractivity contribution is -0.121. The van der Waals surface area contributed by atoms with Gasteiger partial charge in [-0.1, -0.05) is 12.1 Å². The summed E-state index contributed by atoms with van der Waals surface area (Å²) in [7, 11) is 0. The van der Waals surface area contributed by atoms with Crippen LogP contribution in [0.25, 0.3) is 11.1 Å². The molecule has 0 saturated heterocycles. The van der Waals surface area contributed by atoms with Gasteiger partial charge in [0.25, 0.3) is 0 Å². The van der Waals surface area contributed by atoms with E-state index in [1.54, 1.807) is 31.5 Å². The van der Waals surface area contributed by atoms with Crippen molar-refractivity contribution in [3.63, 3.8) is 0 Å². The Hall–Kier alpha value is -2.63. The maximum absolute atomic E-state index is 14.3. The number of benzene rings is 1. The van der Waals surface area contributed by atoms with Gasteiger partial charge in [0.05, 0.1) is 5.71 Å². The Morgan fingerprint density at radius 1 is 1.14 bits per heavy atom. The second-order valence-corrected chi connectivity index (χ2v) is 4.81. The SMILES string of the molecule is Cc1ncc(-c2ccc(C3=NNC(=O)CC3)cc2F)cn1. The van der Waals surface area contributed by atoms with E-state index < -0.39 is 0 Å². The number of carbonyl (C=O) groups excluding carboxylic acids is 1.